The smallest absolute Gasteiger partial charge is 0.175 e. The summed E-state index contributed by atoms with van der Waals surface area (Å²) < 4.78 is 50.7. The van der Waals surface area contributed by atoms with Crippen molar-refractivity contribution in [3.05, 3.63) is 77.9 Å². The van der Waals surface area contributed by atoms with E-state index in [2.05, 4.69) is 11.9 Å². The SMILES string of the molecule is C=CCN[C@@H](c1cccc(S(C)(=O)=O)c1)c1ccc(F)cc1F. The van der Waals surface area contributed by atoms with E-state index in [4.69, 9.17) is 0 Å². The van der Waals surface area contributed by atoms with E-state index in [0.29, 0.717) is 12.1 Å². The van der Waals surface area contributed by atoms with Gasteiger partial charge in [-0.15, -0.1) is 6.58 Å². The molecule has 0 unspecified atom stereocenters. The summed E-state index contributed by atoms with van der Waals surface area (Å²) in [5, 5.41) is 3.07. The van der Waals surface area contributed by atoms with Crippen molar-refractivity contribution in [3.63, 3.8) is 0 Å². The highest BCUT2D eigenvalue weighted by Crippen LogP contribution is 2.26. The van der Waals surface area contributed by atoms with Gasteiger partial charge in [-0.05, 0) is 23.8 Å². The van der Waals surface area contributed by atoms with E-state index in [-0.39, 0.29) is 10.5 Å². The minimum atomic E-state index is -3.38. The molecule has 0 saturated heterocycles. The molecule has 1 atom stereocenters. The van der Waals surface area contributed by atoms with Crippen molar-refractivity contribution in [1.29, 1.82) is 0 Å². The fourth-order valence-corrected chi connectivity index (χ4v) is 2.94. The summed E-state index contributed by atoms with van der Waals surface area (Å²) in [4.78, 5) is 0.142. The van der Waals surface area contributed by atoms with Gasteiger partial charge in [-0.1, -0.05) is 24.3 Å². The predicted molar refractivity (Wildman–Crippen MR) is 86.0 cm³/mol. The van der Waals surface area contributed by atoms with E-state index < -0.39 is 27.5 Å². The maximum atomic E-state index is 14.1. The Balaban J connectivity index is 2.53. The Morgan fingerprint density at radius 1 is 1.22 bits per heavy atom. The molecule has 6 heteroatoms. The fraction of sp³-hybridized carbons (Fsp3) is 0.176. The van der Waals surface area contributed by atoms with Gasteiger partial charge in [0, 0.05) is 24.4 Å². The zero-order valence-electron chi connectivity index (χ0n) is 12.6. The van der Waals surface area contributed by atoms with Crippen molar-refractivity contribution in [2.45, 2.75) is 10.9 Å². The molecule has 2 aromatic carbocycles. The summed E-state index contributed by atoms with van der Waals surface area (Å²) in [7, 11) is -3.38. The lowest BCUT2D eigenvalue weighted by Gasteiger charge is -2.20. The van der Waals surface area contributed by atoms with Crippen LogP contribution in [0.5, 0.6) is 0 Å². The monoisotopic (exact) mass is 337 g/mol. The summed E-state index contributed by atoms with van der Waals surface area (Å²) in [6.45, 7) is 3.98. The normalized spacial score (nSPS) is 12.8. The van der Waals surface area contributed by atoms with Crippen LogP contribution in [0.25, 0.3) is 0 Å². The second-order valence-corrected chi connectivity index (χ2v) is 7.16. The van der Waals surface area contributed by atoms with Gasteiger partial charge in [-0.3, -0.25) is 0 Å². The molecule has 0 amide bonds. The summed E-state index contributed by atoms with van der Waals surface area (Å²) in [5.41, 5.74) is 0.805. The molecule has 122 valence electrons. The van der Waals surface area contributed by atoms with Crippen molar-refractivity contribution in [1.82, 2.24) is 5.32 Å². The summed E-state index contributed by atoms with van der Waals surface area (Å²) in [6.07, 6.45) is 2.71. The second kappa shape index (κ2) is 7.02. The maximum absolute atomic E-state index is 14.1. The van der Waals surface area contributed by atoms with Crippen molar-refractivity contribution in [2.75, 3.05) is 12.8 Å². The van der Waals surface area contributed by atoms with E-state index in [1.807, 2.05) is 0 Å². The molecule has 1 N–H and O–H groups in total. The van der Waals surface area contributed by atoms with Crippen LogP contribution < -0.4 is 5.32 Å². The summed E-state index contributed by atoms with van der Waals surface area (Å²) in [5.74, 6) is -1.37. The van der Waals surface area contributed by atoms with Crippen LogP contribution in [0.15, 0.2) is 60.0 Å². The lowest BCUT2D eigenvalue weighted by Crippen LogP contribution is -2.23. The van der Waals surface area contributed by atoms with E-state index in [0.717, 1.165) is 12.3 Å². The number of nitrogens with one attached hydrogen (secondary N) is 1. The third-order valence-corrected chi connectivity index (χ3v) is 4.47. The van der Waals surface area contributed by atoms with E-state index in [9.17, 15) is 17.2 Å². The average Bonchev–Trinajstić information content (AvgIpc) is 2.49. The molecular weight excluding hydrogens is 320 g/mol. The van der Waals surface area contributed by atoms with Crippen molar-refractivity contribution in [3.8, 4) is 0 Å². The Morgan fingerprint density at radius 2 is 1.96 bits per heavy atom. The first-order chi connectivity index (χ1) is 10.8. The van der Waals surface area contributed by atoms with Crippen LogP contribution in [0.1, 0.15) is 17.2 Å². The molecule has 0 radical (unpaired) electrons. The molecule has 0 aliphatic heterocycles. The highest BCUT2D eigenvalue weighted by Gasteiger charge is 2.19. The van der Waals surface area contributed by atoms with Crippen LogP contribution >= 0.6 is 0 Å². The Labute approximate surface area is 134 Å². The van der Waals surface area contributed by atoms with Gasteiger partial charge >= 0.3 is 0 Å². The first-order valence-electron chi connectivity index (χ1n) is 6.92. The Hall–Kier alpha value is -2.05. The van der Waals surface area contributed by atoms with Crippen LogP contribution in [-0.4, -0.2) is 21.2 Å². The van der Waals surface area contributed by atoms with Gasteiger partial charge in [0.25, 0.3) is 0 Å². The third-order valence-electron chi connectivity index (χ3n) is 3.36. The second-order valence-electron chi connectivity index (χ2n) is 5.14. The average molecular weight is 337 g/mol. The molecule has 0 aliphatic rings. The van der Waals surface area contributed by atoms with Gasteiger partial charge in [-0.2, -0.15) is 0 Å². The molecule has 2 rings (SSSR count). The molecule has 0 spiro atoms. The highest BCUT2D eigenvalue weighted by atomic mass is 32.2. The Morgan fingerprint density at radius 3 is 2.57 bits per heavy atom. The van der Waals surface area contributed by atoms with Crippen molar-refractivity contribution < 1.29 is 17.2 Å². The van der Waals surface area contributed by atoms with E-state index in [1.165, 1.54) is 24.3 Å². The van der Waals surface area contributed by atoms with Gasteiger partial charge in [0.15, 0.2) is 9.84 Å². The lowest BCUT2D eigenvalue weighted by atomic mass is 9.98. The molecule has 0 fully saturated rings. The molecule has 0 aliphatic carbocycles. The van der Waals surface area contributed by atoms with E-state index >= 15 is 0 Å². The van der Waals surface area contributed by atoms with Gasteiger partial charge in [-0.25, -0.2) is 17.2 Å². The zero-order valence-corrected chi connectivity index (χ0v) is 13.4. The van der Waals surface area contributed by atoms with Crippen LogP contribution in [0, 0.1) is 11.6 Å². The van der Waals surface area contributed by atoms with Gasteiger partial charge in [0.2, 0.25) is 0 Å². The van der Waals surface area contributed by atoms with Crippen LogP contribution in [-0.2, 0) is 9.84 Å². The first-order valence-corrected chi connectivity index (χ1v) is 8.81. The zero-order chi connectivity index (χ0) is 17.0. The summed E-state index contributed by atoms with van der Waals surface area (Å²) >= 11 is 0. The van der Waals surface area contributed by atoms with Gasteiger partial charge in [0.1, 0.15) is 11.6 Å². The number of halogens is 2. The topological polar surface area (TPSA) is 46.2 Å². The van der Waals surface area contributed by atoms with Gasteiger partial charge in [0.05, 0.1) is 10.9 Å². The molecule has 3 nitrogen and oxygen atoms in total. The van der Waals surface area contributed by atoms with Crippen LogP contribution in [0.3, 0.4) is 0 Å². The van der Waals surface area contributed by atoms with Crippen molar-refractivity contribution >= 4 is 9.84 Å². The number of hydrogen-bond acceptors (Lipinski definition) is 3. The van der Waals surface area contributed by atoms with Crippen molar-refractivity contribution in [2.24, 2.45) is 0 Å². The van der Waals surface area contributed by atoms with E-state index in [1.54, 1.807) is 18.2 Å². The number of hydrogen-bond donors (Lipinski definition) is 1. The molecule has 0 aromatic heterocycles. The molecule has 2 aromatic rings. The number of sulfone groups is 1. The van der Waals surface area contributed by atoms with Crippen LogP contribution in [0.2, 0.25) is 0 Å². The quantitative estimate of drug-likeness (QED) is 0.823. The molecule has 0 bridgehead atoms. The molecule has 0 saturated carbocycles. The van der Waals surface area contributed by atoms with Crippen LogP contribution in [0.4, 0.5) is 8.78 Å². The molecule has 23 heavy (non-hydrogen) atoms. The third kappa shape index (κ3) is 4.24. The standard InChI is InChI=1S/C17H17F2NO2S/c1-3-9-20-17(15-8-7-13(18)11-16(15)19)12-5-4-6-14(10-12)23(2,21)22/h3-8,10-11,17,20H,1,9H2,2H3/t17-/m0/s1. The fourth-order valence-electron chi connectivity index (χ4n) is 2.27. The molecular formula is C17H17F2NO2S. The first kappa shape index (κ1) is 17.3. The summed E-state index contributed by atoms with van der Waals surface area (Å²) in [6, 6.07) is 8.95. The predicted octanol–water partition coefficient (Wildman–Crippen LogP) is 3.23. The number of benzene rings is 2. The van der Waals surface area contributed by atoms with Gasteiger partial charge < -0.3 is 5.32 Å². The maximum Gasteiger partial charge on any atom is 0.175 e. The minimum absolute atomic E-state index is 0.142. The highest BCUT2D eigenvalue weighted by molar-refractivity contribution is 7.90. The lowest BCUT2D eigenvalue weighted by molar-refractivity contribution is 0.545. The Bertz CT molecular complexity index is 819. The largest absolute Gasteiger partial charge is 0.303 e. The number of rotatable bonds is 6. The Kier molecular flexibility index (Phi) is 5.28. The molecule has 0 heterocycles. The minimum Gasteiger partial charge on any atom is -0.303 e.